The minimum absolute atomic E-state index is 0.112. The average Bonchev–Trinajstić information content (AvgIpc) is 3.00. The average molecular weight is 280 g/mol. The van der Waals surface area contributed by atoms with Gasteiger partial charge in [0.1, 0.15) is 0 Å². The molecule has 106 valence electrons. The van der Waals surface area contributed by atoms with Crippen LogP contribution in [0.5, 0.6) is 0 Å². The van der Waals surface area contributed by atoms with Crippen LogP contribution < -0.4 is 5.32 Å². The predicted octanol–water partition coefficient (Wildman–Crippen LogP) is 2.45. The molecule has 0 atom stereocenters. The normalized spacial score (nSPS) is 10.7. The molecule has 3 aromatic rings. The van der Waals surface area contributed by atoms with Gasteiger partial charge in [0.05, 0.1) is 24.0 Å². The van der Waals surface area contributed by atoms with E-state index in [9.17, 15) is 4.79 Å². The second-order valence-electron chi connectivity index (χ2n) is 4.82. The number of carbonyl (C=O) groups is 1. The molecule has 5 heteroatoms. The van der Waals surface area contributed by atoms with Gasteiger partial charge in [0.15, 0.2) is 0 Å². The smallest absolute Gasteiger partial charge is 0.251 e. The molecule has 0 aliphatic rings. The van der Waals surface area contributed by atoms with Gasteiger partial charge in [-0.3, -0.25) is 14.9 Å². The van der Waals surface area contributed by atoms with Crippen molar-refractivity contribution in [2.45, 2.75) is 19.9 Å². The topological polar surface area (TPSA) is 70.7 Å². The van der Waals surface area contributed by atoms with Crippen molar-refractivity contribution in [2.75, 3.05) is 0 Å². The van der Waals surface area contributed by atoms with Crippen molar-refractivity contribution in [2.24, 2.45) is 0 Å². The highest BCUT2D eigenvalue weighted by Crippen LogP contribution is 2.13. The fraction of sp³-hybridized carbons (Fsp3) is 0.188. The monoisotopic (exact) mass is 280 g/mol. The van der Waals surface area contributed by atoms with Crippen molar-refractivity contribution in [1.82, 2.24) is 20.5 Å². The zero-order valence-electron chi connectivity index (χ0n) is 11.8. The number of hydrogen-bond donors (Lipinski definition) is 2. The van der Waals surface area contributed by atoms with E-state index >= 15 is 0 Å². The SMILES string of the molecule is CCc1cccnc1CNC(=O)c1ccc2cn[nH]c2c1. The van der Waals surface area contributed by atoms with Gasteiger partial charge in [0.25, 0.3) is 5.91 Å². The summed E-state index contributed by atoms with van der Waals surface area (Å²) in [5, 5.41) is 10.7. The van der Waals surface area contributed by atoms with Gasteiger partial charge in [-0.1, -0.05) is 19.1 Å². The van der Waals surface area contributed by atoms with E-state index in [0.717, 1.165) is 28.6 Å². The van der Waals surface area contributed by atoms with E-state index in [1.165, 1.54) is 0 Å². The molecule has 0 saturated heterocycles. The number of aryl methyl sites for hydroxylation is 1. The molecule has 21 heavy (non-hydrogen) atoms. The lowest BCUT2D eigenvalue weighted by Crippen LogP contribution is -2.23. The quantitative estimate of drug-likeness (QED) is 0.771. The summed E-state index contributed by atoms with van der Waals surface area (Å²) >= 11 is 0. The van der Waals surface area contributed by atoms with Gasteiger partial charge in [-0.25, -0.2) is 0 Å². The first kappa shape index (κ1) is 13.3. The standard InChI is InChI=1S/C16H16N4O/c1-2-11-4-3-7-17-15(11)10-18-16(21)12-5-6-13-9-19-20-14(13)8-12/h3-9H,2,10H2,1H3,(H,18,21)(H,19,20). The van der Waals surface area contributed by atoms with Gasteiger partial charge in [-0.15, -0.1) is 0 Å². The van der Waals surface area contributed by atoms with E-state index in [4.69, 9.17) is 0 Å². The van der Waals surface area contributed by atoms with Crippen LogP contribution in [-0.2, 0) is 13.0 Å². The van der Waals surface area contributed by atoms with Crippen molar-refractivity contribution in [3.63, 3.8) is 0 Å². The number of aromatic amines is 1. The number of aromatic nitrogens is 3. The summed E-state index contributed by atoms with van der Waals surface area (Å²) in [5.41, 5.74) is 3.54. The zero-order chi connectivity index (χ0) is 14.7. The lowest BCUT2D eigenvalue weighted by molar-refractivity contribution is 0.0950. The summed E-state index contributed by atoms with van der Waals surface area (Å²) in [6.07, 6.45) is 4.38. The largest absolute Gasteiger partial charge is 0.346 e. The maximum absolute atomic E-state index is 12.2. The van der Waals surface area contributed by atoms with Crippen LogP contribution in [0.2, 0.25) is 0 Å². The molecule has 2 N–H and O–H groups in total. The Kier molecular flexibility index (Phi) is 3.64. The number of carbonyl (C=O) groups excluding carboxylic acids is 1. The van der Waals surface area contributed by atoms with E-state index in [1.54, 1.807) is 24.5 Å². The molecule has 1 aromatic carbocycles. The highest BCUT2D eigenvalue weighted by Gasteiger charge is 2.08. The molecule has 0 spiro atoms. The first-order valence-electron chi connectivity index (χ1n) is 6.92. The van der Waals surface area contributed by atoms with Gasteiger partial charge >= 0.3 is 0 Å². The van der Waals surface area contributed by atoms with Crippen molar-refractivity contribution in [3.8, 4) is 0 Å². The van der Waals surface area contributed by atoms with E-state index in [-0.39, 0.29) is 5.91 Å². The van der Waals surface area contributed by atoms with Crippen LogP contribution in [-0.4, -0.2) is 21.1 Å². The number of nitrogens with zero attached hydrogens (tertiary/aromatic N) is 2. The van der Waals surface area contributed by atoms with Crippen LogP contribution in [0.25, 0.3) is 10.9 Å². The second kappa shape index (κ2) is 5.75. The van der Waals surface area contributed by atoms with Crippen LogP contribution >= 0.6 is 0 Å². The molecule has 0 aliphatic carbocycles. The van der Waals surface area contributed by atoms with E-state index in [1.807, 2.05) is 18.2 Å². The molecule has 1 amide bonds. The number of rotatable bonds is 4. The first-order chi connectivity index (χ1) is 10.3. The van der Waals surface area contributed by atoms with Crippen LogP contribution in [0.4, 0.5) is 0 Å². The Labute approximate surface area is 122 Å². The van der Waals surface area contributed by atoms with Gasteiger partial charge in [0, 0.05) is 17.1 Å². The Bertz CT molecular complexity index is 779. The molecular weight excluding hydrogens is 264 g/mol. The molecule has 0 bridgehead atoms. The number of nitrogens with one attached hydrogen (secondary N) is 2. The third-order valence-electron chi connectivity index (χ3n) is 3.49. The first-order valence-corrected chi connectivity index (χ1v) is 6.92. The summed E-state index contributed by atoms with van der Waals surface area (Å²) in [7, 11) is 0. The summed E-state index contributed by atoms with van der Waals surface area (Å²) in [6, 6.07) is 9.43. The summed E-state index contributed by atoms with van der Waals surface area (Å²) in [5.74, 6) is -0.112. The Morgan fingerprint density at radius 1 is 1.33 bits per heavy atom. The second-order valence-corrected chi connectivity index (χ2v) is 4.82. The van der Waals surface area contributed by atoms with Crippen molar-refractivity contribution >= 4 is 16.8 Å². The van der Waals surface area contributed by atoms with E-state index in [0.29, 0.717) is 12.1 Å². The number of fused-ring (bicyclic) bond motifs is 1. The maximum Gasteiger partial charge on any atom is 0.251 e. The molecule has 0 saturated carbocycles. The molecule has 0 aliphatic heterocycles. The minimum atomic E-state index is -0.112. The molecule has 0 unspecified atom stereocenters. The van der Waals surface area contributed by atoms with Gasteiger partial charge in [0.2, 0.25) is 0 Å². The molecule has 5 nitrogen and oxygen atoms in total. The van der Waals surface area contributed by atoms with Crippen LogP contribution in [0, 0.1) is 0 Å². The number of pyridine rings is 1. The van der Waals surface area contributed by atoms with Crippen molar-refractivity contribution < 1.29 is 4.79 Å². The van der Waals surface area contributed by atoms with E-state index < -0.39 is 0 Å². The Balaban J connectivity index is 1.74. The number of H-pyrrole nitrogens is 1. The van der Waals surface area contributed by atoms with Gasteiger partial charge in [-0.05, 0) is 30.2 Å². The Morgan fingerprint density at radius 2 is 2.24 bits per heavy atom. The summed E-state index contributed by atoms with van der Waals surface area (Å²) in [4.78, 5) is 16.5. The Morgan fingerprint density at radius 3 is 3.10 bits per heavy atom. The molecule has 0 fully saturated rings. The fourth-order valence-corrected chi connectivity index (χ4v) is 2.30. The molecule has 0 radical (unpaired) electrons. The van der Waals surface area contributed by atoms with Crippen LogP contribution in [0.3, 0.4) is 0 Å². The number of amides is 1. The Hall–Kier alpha value is -2.69. The highest BCUT2D eigenvalue weighted by atomic mass is 16.1. The van der Waals surface area contributed by atoms with Gasteiger partial charge < -0.3 is 5.32 Å². The zero-order valence-corrected chi connectivity index (χ0v) is 11.8. The maximum atomic E-state index is 12.2. The summed E-state index contributed by atoms with van der Waals surface area (Å²) < 4.78 is 0. The minimum Gasteiger partial charge on any atom is -0.346 e. The number of benzene rings is 1. The summed E-state index contributed by atoms with van der Waals surface area (Å²) in [6.45, 7) is 2.51. The highest BCUT2D eigenvalue weighted by molar-refractivity contribution is 5.97. The van der Waals surface area contributed by atoms with Gasteiger partial charge in [-0.2, -0.15) is 5.10 Å². The fourth-order valence-electron chi connectivity index (χ4n) is 2.30. The number of hydrogen-bond acceptors (Lipinski definition) is 3. The molecule has 3 rings (SSSR count). The molecule has 2 heterocycles. The third-order valence-corrected chi connectivity index (χ3v) is 3.49. The third kappa shape index (κ3) is 2.76. The van der Waals surface area contributed by atoms with E-state index in [2.05, 4.69) is 27.4 Å². The van der Waals surface area contributed by atoms with Crippen LogP contribution in [0.1, 0.15) is 28.5 Å². The van der Waals surface area contributed by atoms with Crippen LogP contribution in [0.15, 0.2) is 42.7 Å². The lowest BCUT2D eigenvalue weighted by Gasteiger charge is -2.08. The molecular formula is C16H16N4O. The molecule has 2 aromatic heterocycles. The van der Waals surface area contributed by atoms with Crippen molar-refractivity contribution in [1.29, 1.82) is 0 Å². The predicted molar refractivity (Wildman–Crippen MR) is 80.9 cm³/mol. The lowest BCUT2D eigenvalue weighted by atomic mass is 10.1. The van der Waals surface area contributed by atoms with Crippen molar-refractivity contribution in [3.05, 3.63) is 59.5 Å².